The number of fused-ring (bicyclic) bond motifs is 1. The first-order valence-electron chi connectivity index (χ1n) is 8.56. The van der Waals surface area contributed by atoms with Crippen molar-refractivity contribution >= 4 is 63.8 Å². The Hall–Kier alpha value is -1.77. The molecular weight excluding hydrogens is 414 g/mol. The molecule has 28 heavy (non-hydrogen) atoms. The van der Waals surface area contributed by atoms with Gasteiger partial charge in [0.15, 0.2) is 0 Å². The maximum atomic E-state index is 12.2. The lowest BCUT2D eigenvalue weighted by molar-refractivity contribution is -0.138. The number of hydrogen-bond donors (Lipinski definition) is 1. The lowest BCUT2D eigenvalue weighted by atomic mass is 9.84. The largest absolute Gasteiger partial charge is 0.465 e. The molecule has 1 aromatic carbocycles. The molecule has 0 fully saturated rings. The van der Waals surface area contributed by atoms with E-state index in [0.29, 0.717) is 0 Å². The lowest BCUT2D eigenvalue weighted by Crippen LogP contribution is -2.43. The molecular formula is C20H21NO4S3. The average molecular weight is 436 g/mol. The number of esters is 2. The third kappa shape index (κ3) is 3.49. The second-order valence-electron chi connectivity index (χ2n) is 7.09. The Balaban J connectivity index is 2.23. The Bertz CT molecular complexity index is 946. The summed E-state index contributed by atoms with van der Waals surface area (Å²) in [6.45, 7) is 8.14. The Morgan fingerprint density at radius 2 is 1.57 bits per heavy atom. The van der Waals surface area contributed by atoms with E-state index in [4.69, 9.17) is 21.7 Å². The summed E-state index contributed by atoms with van der Waals surface area (Å²) in [4.78, 5) is 25.7. The van der Waals surface area contributed by atoms with Crippen molar-refractivity contribution in [3.63, 3.8) is 0 Å². The van der Waals surface area contributed by atoms with Crippen LogP contribution in [0.1, 0.15) is 30.5 Å². The summed E-state index contributed by atoms with van der Waals surface area (Å²) < 4.78 is 10.5. The molecule has 2 heterocycles. The van der Waals surface area contributed by atoms with E-state index in [9.17, 15) is 9.59 Å². The van der Waals surface area contributed by atoms with Gasteiger partial charge >= 0.3 is 11.9 Å². The van der Waals surface area contributed by atoms with Gasteiger partial charge in [0.1, 0.15) is 9.81 Å². The molecule has 2 aliphatic rings. The van der Waals surface area contributed by atoms with E-state index in [0.717, 1.165) is 37.1 Å². The summed E-state index contributed by atoms with van der Waals surface area (Å²) in [6.07, 6.45) is 0. The fraction of sp³-hybridized carbons (Fsp3) is 0.350. The number of nitrogens with one attached hydrogen (secondary N) is 1. The van der Waals surface area contributed by atoms with E-state index in [2.05, 4.69) is 24.4 Å². The highest BCUT2D eigenvalue weighted by Gasteiger charge is 2.40. The van der Waals surface area contributed by atoms with Crippen LogP contribution < -0.4 is 5.32 Å². The van der Waals surface area contributed by atoms with E-state index in [1.807, 2.05) is 20.8 Å². The summed E-state index contributed by atoms with van der Waals surface area (Å²) in [6, 6.07) is 4.19. The zero-order valence-electron chi connectivity index (χ0n) is 16.5. The number of rotatable bonds is 2. The third-order valence-electron chi connectivity index (χ3n) is 4.52. The summed E-state index contributed by atoms with van der Waals surface area (Å²) in [5, 5.41) is 3.53. The van der Waals surface area contributed by atoms with Crippen molar-refractivity contribution in [2.45, 2.75) is 33.2 Å². The van der Waals surface area contributed by atoms with Crippen molar-refractivity contribution in [2.24, 2.45) is 0 Å². The molecule has 5 nitrogen and oxygen atoms in total. The van der Waals surface area contributed by atoms with Crippen molar-refractivity contribution in [3.8, 4) is 0 Å². The van der Waals surface area contributed by atoms with Gasteiger partial charge in [-0.2, -0.15) is 0 Å². The summed E-state index contributed by atoms with van der Waals surface area (Å²) >= 11 is 8.26. The Morgan fingerprint density at radius 3 is 2.07 bits per heavy atom. The molecule has 0 aromatic heterocycles. The predicted molar refractivity (Wildman–Crippen MR) is 119 cm³/mol. The first-order chi connectivity index (χ1) is 13.1. The number of methoxy groups -OCH3 is 2. The number of thiocarbonyl (C=S) groups is 1. The van der Waals surface area contributed by atoms with Gasteiger partial charge in [0, 0.05) is 21.7 Å². The van der Waals surface area contributed by atoms with Crippen LogP contribution in [0.4, 0.5) is 5.69 Å². The second kappa shape index (κ2) is 7.57. The minimum Gasteiger partial charge on any atom is -0.465 e. The van der Waals surface area contributed by atoms with Gasteiger partial charge in [-0.15, -0.1) is 0 Å². The van der Waals surface area contributed by atoms with Crippen LogP contribution in [0, 0.1) is 13.8 Å². The second-order valence-corrected chi connectivity index (χ2v) is 9.80. The molecule has 0 unspecified atom stereocenters. The maximum Gasteiger partial charge on any atom is 0.346 e. The zero-order chi connectivity index (χ0) is 20.8. The molecule has 0 saturated heterocycles. The molecule has 0 bridgehead atoms. The van der Waals surface area contributed by atoms with Gasteiger partial charge in [0.05, 0.1) is 24.0 Å². The highest BCUT2D eigenvalue weighted by atomic mass is 32.2. The summed E-state index contributed by atoms with van der Waals surface area (Å²) in [5.41, 5.74) is 4.64. The monoisotopic (exact) mass is 435 g/mol. The van der Waals surface area contributed by atoms with Gasteiger partial charge in [-0.1, -0.05) is 47.4 Å². The average Bonchev–Trinajstić information content (AvgIpc) is 3.07. The van der Waals surface area contributed by atoms with Crippen LogP contribution in [0.3, 0.4) is 0 Å². The van der Waals surface area contributed by atoms with Gasteiger partial charge in [-0.3, -0.25) is 0 Å². The van der Waals surface area contributed by atoms with Crippen LogP contribution in [0.25, 0.3) is 5.57 Å². The van der Waals surface area contributed by atoms with Crippen LogP contribution in [0.5, 0.6) is 0 Å². The molecule has 0 atom stereocenters. The van der Waals surface area contributed by atoms with Gasteiger partial charge in [0.2, 0.25) is 0 Å². The van der Waals surface area contributed by atoms with E-state index in [-0.39, 0.29) is 9.81 Å². The molecule has 148 valence electrons. The molecule has 1 N–H and O–H groups in total. The van der Waals surface area contributed by atoms with Gasteiger partial charge < -0.3 is 14.8 Å². The van der Waals surface area contributed by atoms with Crippen molar-refractivity contribution < 1.29 is 19.1 Å². The number of aryl methyl sites for hydroxylation is 2. The minimum atomic E-state index is -0.562. The van der Waals surface area contributed by atoms with E-state index >= 15 is 0 Å². The zero-order valence-corrected chi connectivity index (χ0v) is 19.0. The van der Waals surface area contributed by atoms with Crippen molar-refractivity contribution in [2.75, 3.05) is 19.5 Å². The minimum absolute atomic E-state index is 0.229. The number of hydrogen-bond acceptors (Lipinski definition) is 8. The summed E-state index contributed by atoms with van der Waals surface area (Å²) in [5.74, 6) is -1.12. The van der Waals surface area contributed by atoms with Crippen LogP contribution in [0.2, 0.25) is 0 Å². The molecule has 0 spiro atoms. The molecule has 0 saturated carbocycles. The molecule has 0 amide bonds. The van der Waals surface area contributed by atoms with Crippen LogP contribution in [0.15, 0.2) is 26.2 Å². The maximum absolute atomic E-state index is 12.2. The van der Waals surface area contributed by atoms with Gasteiger partial charge in [-0.05, 0) is 39.3 Å². The number of carbonyl (C=O) groups is 2. The fourth-order valence-corrected chi connectivity index (χ4v) is 6.19. The first kappa shape index (κ1) is 21.0. The topological polar surface area (TPSA) is 64.6 Å². The van der Waals surface area contributed by atoms with Gasteiger partial charge in [-0.25, -0.2) is 9.59 Å². The number of benzene rings is 1. The van der Waals surface area contributed by atoms with E-state index in [1.165, 1.54) is 37.7 Å². The van der Waals surface area contributed by atoms with Gasteiger partial charge in [0.25, 0.3) is 0 Å². The first-order valence-corrected chi connectivity index (χ1v) is 10.6. The molecule has 1 aromatic rings. The number of anilines is 1. The van der Waals surface area contributed by atoms with E-state index < -0.39 is 17.5 Å². The number of thioether (sulfide) groups is 2. The Kier molecular flexibility index (Phi) is 5.67. The number of carbonyl (C=O) groups excluding carboxylic acids is 2. The Labute approximate surface area is 178 Å². The van der Waals surface area contributed by atoms with Crippen molar-refractivity contribution in [3.05, 3.63) is 42.9 Å². The smallest absolute Gasteiger partial charge is 0.346 e. The van der Waals surface area contributed by atoms with Crippen LogP contribution >= 0.6 is 35.7 Å². The molecule has 2 aliphatic heterocycles. The summed E-state index contributed by atoms with van der Waals surface area (Å²) in [7, 11) is 2.59. The lowest BCUT2D eigenvalue weighted by Gasteiger charge is -2.38. The molecule has 3 rings (SSSR count). The van der Waals surface area contributed by atoms with E-state index in [1.54, 1.807) is 0 Å². The van der Waals surface area contributed by atoms with Crippen molar-refractivity contribution in [1.82, 2.24) is 0 Å². The Morgan fingerprint density at radius 1 is 1.04 bits per heavy atom. The standard InChI is InChI=1S/C20H21NO4S3/c1-9-7-10(2)13-11(8-9)12(16(26)20(3,4)21-13)19-27-14(17(22)24-5)15(28-19)18(23)25-6/h7-8,21H,1-6H3. The van der Waals surface area contributed by atoms with Crippen molar-refractivity contribution in [1.29, 1.82) is 0 Å². The van der Waals surface area contributed by atoms with Crippen LogP contribution in [-0.2, 0) is 19.1 Å². The highest BCUT2D eigenvalue weighted by molar-refractivity contribution is 8.29. The predicted octanol–water partition coefficient (Wildman–Crippen LogP) is 4.58. The SMILES string of the molecule is COC(=O)C1=C(C(=O)OC)SC(=C2C(=S)C(C)(C)Nc3c(C)cc(C)cc32)S1. The number of ether oxygens (including phenoxy) is 2. The molecule has 0 aliphatic carbocycles. The molecule has 8 heteroatoms. The quantitative estimate of drug-likeness (QED) is 0.411. The third-order valence-corrected chi connectivity index (χ3v) is 7.80. The fourth-order valence-electron chi connectivity index (χ4n) is 3.19. The molecule has 0 radical (unpaired) electrons. The normalized spacial score (nSPS) is 18.0. The highest BCUT2D eigenvalue weighted by Crippen LogP contribution is 2.55. The van der Waals surface area contributed by atoms with Crippen LogP contribution in [-0.4, -0.2) is 36.6 Å².